The van der Waals surface area contributed by atoms with Crippen molar-refractivity contribution < 1.29 is 9.18 Å². The Balaban J connectivity index is 1.53. The first-order valence-corrected chi connectivity index (χ1v) is 8.97. The second-order valence-corrected chi connectivity index (χ2v) is 6.41. The first kappa shape index (κ1) is 18.5. The molecule has 0 saturated carbocycles. The summed E-state index contributed by atoms with van der Waals surface area (Å²) >= 11 is 0. The Kier molecular flexibility index (Phi) is 4.86. The standard InChI is InChI=1S/C20H17FN6O2/c1-13-12-16(28)19(25-27(13)15-7-3-2-6-14(15)21)20(29)22-10-9-18-24-23-17-8-4-5-11-26(17)18/h2-8,11-12H,9-10H2,1H3,(H,22,29). The summed E-state index contributed by atoms with van der Waals surface area (Å²) in [4.78, 5) is 24.8. The molecule has 1 N–H and O–H groups in total. The molecule has 0 aliphatic carbocycles. The Morgan fingerprint density at radius 3 is 2.76 bits per heavy atom. The highest BCUT2D eigenvalue weighted by molar-refractivity contribution is 5.92. The van der Waals surface area contributed by atoms with Gasteiger partial charge in [0.2, 0.25) is 5.43 Å². The summed E-state index contributed by atoms with van der Waals surface area (Å²) in [6, 6.07) is 12.8. The van der Waals surface area contributed by atoms with Crippen LogP contribution < -0.4 is 10.7 Å². The zero-order valence-corrected chi connectivity index (χ0v) is 15.5. The van der Waals surface area contributed by atoms with E-state index in [0.717, 1.165) is 0 Å². The fraction of sp³-hybridized carbons (Fsp3) is 0.150. The number of para-hydroxylation sites is 1. The molecule has 1 aromatic carbocycles. The first-order valence-electron chi connectivity index (χ1n) is 8.97. The van der Waals surface area contributed by atoms with Crippen molar-refractivity contribution in [3.05, 3.63) is 88.0 Å². The van der Waals surface area contributed by atoms with Gasteiger partial charge in [0.05, 0.1) is 0 Å². The van der Waals surface area contributed by atoms with Gasteiger partial charge >= 0.3 is 0 Å². The Labute approximate surface area is 164 Å². The van der Waals surface area contributed by atoms with Crippen LogP contribution in [-0.4, -0.2) is 36.8 Å². The van der Waals surface area contributed by atoms with Crippen LogP contribution in [0.25, 0.3) is 11.3 Å². The van der Waals surface area contributed by atoms with Gasteiger partial charge in [-0.25, -0.2) is 9.07 Å². The van der Waals surface area contributed by atoms with Gasteiger partial charge in [0, 0.05) is 30.9 Å². The number of hydrogen-bond donors (Lipinski definition) is 1. The van der Waals surface area contributed by atoms with Gasteiger partial charge in [-0.15, -0.1) is 10.2 Å². The number of pyridine rings is 1. The lowest BCUT2D eigenvalue weighted by molar-refractivity contribution is 0.0946. The van der Waals surface area contributed by atoms with Crippen LogP contribution in [0.3, 0.4) is 0 Å². The number of hydrogen-bond acceptors (Lipinski definition) is 5. The van der Waals surface area contributed by atoms with E-state index in [1.165, 1.54) is 22.9 Å². The highest BCUT2D eigenvalue weighted by Crippen LogP contribution is 2.13. The van der Waals surface area contributed by atoms with E-state index in [1.807, 2.05) is 28.8 Å². The lowest BCUT2D eigenvalue weighted by Gasteiger charge is -2.12. The van der Waals surface area contributed by atoms with E-state index in [9.17, 15) is 14.0 Å². The number of amides is 1. The summed E-state index contributed by atoms with van der Waals surface area (Å²) in [7, 11) is 0. The van der Waals surface area contributed by atoms with Crippen LogP contribution >= 0.6 is 0 Å². The molecule has 0 spiro atoms. The Morgan fingerprint density at radius 1 is 1.14 bits per heavy atom. The predicted molar refractivity (Wildman–Crippen MR) is 104 cm³/mol. The molecule has 3 heterocycles. The van der Waals surface area contributed by atoms with E-state index < -0.39 is 17.2 Å². The fourth-order valence-corrected chi connectivity index (χ4v) is 3.00. The van der Waals surface area contributed by atoms with Gasteiger partial charge in [-0.1, -0.05) is 18.2 Å². The number of halogens is 1. The molecule has 0 atom stereocenters. The quantitative estimate of drug-likeness (QED) is 0.558. The average Bonchev–Trinajstić information content (AvgIpc) is 3.12. The van der Waals surface area contributed by atoms with Crippen molar-refractivity contribution in [2.24, 2.45) is 0 Å². The smallest absolute Gasteiger partial charge is 0.275 e. The molecular formula is C20H17FN6O2. The number of aryl methyl sites for hydroxylation is 1. The van der Waals surface area contributed by atoms with E-state index in [1.54, 1.807) is 19.1 Å². The molecule has 0 saturated heterocycles. The molecule has 146 valence electrons. The lowest BCUT2D eigenvalue weighted by atomic mass is 10.2. The van der Waals surface area contributed by atoms with Crippen LogP contribution in [0.15, 0.2) is 59.5 Å². The molecule has 0 aliphatic heterocycles. The summed E-state index contributed by atoms with van der Waals surface area (Å²) < 4.78 is 17.2. The Morgan fingerprint density at radius 2 is 1.93 bits per heavy atom. The average molecular weight is 392 g/mol. The molecule has 3 aromatic heterocycles. The number of fused-ring (bicyclic) bond motifs is 1. The van der Waals surface area contributed by atoms with Gasteiger partial charge in [-0.3, -0.25) is 14.0 Å². The molecule has 0 unspecified atom stereocenters. The van der Waals surface area contributed by atoms with Crippen molar-refractivity contribution in [2.75, 3.05) is 6.54 Å². The monoisotopic (exact) mass is 392 g/mol. The SMILES string of the molecule is Cc1cc(=O)c(C(=O)NCCc2nnc3ccccn23)nn1-c1ccccc1F. The minimum absolute atomic E-state index is 0.161. The summed E-state index contributed by atoms with van der Waals surface area (Å²) in [6.45, 7) is 1.86. The molecule has 0 radical (unpaired) electrons. The highest BCUT2D eigenvalue weighted by Gasteiger charge is 2.16. The second-order valence-electron chi connectivity index (χ2n) is 6.41. The van der Waals surface area contributed by atoms with Crippen molar-refractivity contribution in [3.8, 4) is 5.69 Å². The topological polar surface area (TPSA) is 94.2 Å². The number of carbonyl (C=O) groups excluding carboxylic acids is 1. The summed E-state index contributed by atoms with van der Waals surface area (Å²) in [5.41, 5.74) is 0.466. The maximum atomic E-state index is 14.1. The van der Waals surface area contributed by atoms with Crippen molar-refractivity contribution in [2.45, 2.75) is 13.3 Å². The van der Waals surface area contributed by atoms with E-state index in [-0.39, 0.29) is 17.9 Å². The van der Waals surface area contributed by atoms with E-state index >= 15 is 0 Å². The van der Waals surface area contributed by atoms with Crippen LogP contribution in [0, 0.1) is 12.7 Å². The second kappa shape index (κ2) is 7.63. The van der Waals surface area contributed by atoms with Crippen LogP contribution in [0.4, 0.5) is 4.39 Å². The largest absolute Gasteiger partial charge is 0.350 e. The molecule has 0 aliphatic rings. The fourth-order valence-electron chi connectivity index (χ4n) is 3.00. The lowest BCUT2D eigenvalue weighted by Crippen LogP contribution is -2.33. The van der Waals surface area contributed by atoms with Crippen molar-refractivity contribution in [3.63, 3.8) is 0 Å². The third kappa shape index (κ3) is 3.62. The third-order valence-corrected chi connectivity index (χ3v) is 4.42. The number of aromatic nitrogens is 5. The van der Waals surface area contributed by atoms with Gasteiger partial charge in [-0.2, -0.15) is 5.10 Å². The molecule has 9 heteroatoms. The minimum Gasteiger partial charge on any atom is -0.350 e. The molecule has 4 rings (SSSR count). The molecule has 1 amide bonds. The highest BCUT2D eigenvalue weighted by atomic mass is 19.1. The van der Waals surface area contributed by atoms with Gasteiger partial charge in [0.15, 0.2) is 11.3 Å². The van der Waals surface area contributed by atoms with Gasteiger partial charge < -0.3 is 5.32 Å². The molecule has 29 heavy (non-hydrogen) atoms. The van der Waals surface area contributed by atoms with Crippen LogP contribution in [0.5, 0.6) is 0 Å². The summed E-state index contributed by atoms with van der Waals surface area (Å²) in [6.07, 6.45) is 2.26. The summed E-state index contributed by atoms with van der Waals surface area (Å²) in [5, 5.41) is 14.9. The van der Waals surface area contributed by atoms with Crippen LogP contribution in [-0.2, 0) is 6.42 Å². The van der Waals surface area contributed by atoms with Crippen molar-refractivity contribution in [1.82, 2.24) is 29.7 Å². The normalized spacial score (nSPS) is 11.0. The van der Waals surface area contributed by atoms with Crippen molar-refractivity contribution >= 4 is 11.6 Å². The molecule has 0 fully saturated rings. The van der Waals surface area contributed by atoms with E-state index in [4.69, 9.17) is 0 Å². The summed E-state index contributed by atoms with van der Waals surface area (Å²) in [5.74, 6) is -0.452. The predicted octanol–water partition coefficient (Wildman–Crippen LogP) is 1.70. The number of carbonyl (C=O) groups is 1. The number of rotatable bonds is 5. The first-order chi connectivity index (χ1) is 14.0. The van der Waals surface area contributed by atoms with E-state index in [2.05, 4.69) is 20.6 Å². The van der Waals surface area contributed by atoms with E-state index in [0.29, 0.717) is 23.6 Å². The number of nitrogens with zero attached hydrogens (tertiary/aromatic N) is 5. The zero-order chi connectivity index (χ0) is 20.4. The maximum Gasteiger partial charge on any atom is 0.275 e. The van der Waals surface area contributed by atoms with Crippen LogP contribution in [0.2, 0.25) is 0 Å². The number of benzene rings is 1. The van der Waals surface area contributed by atoms with Crippen molar-refractivity contribution in [1.29, 1.82) is 0 Å². The molecule has 8 nitrogen and oxygen atoms in total. The van der Waals surface area contributed by atoms with Gasteiger partial charge in [0.1, 0.15) is 17.3 Å². The molecule has 0 bridgehead atoms. The molecule has 4 aromatic rings. The van der Waals surface area contributed by atoms with Crippen LogP contribution in [0.1, 0.15) is 22.0 Å². The third-order valence-electron chi connectivity index (χ3n) is 4.42. The Bertz CT molecular complexity index is 1260. The van der Waals surface area contributed by atoms with Gasteiger partial charge in [-0.05, 0) is 31.2 Å². The Hall–Kier alpha value is -3.88. The minimum atomic E-state index is -0.631. The molecular weight excluding hydrogens is 375 g/mol. The maximum absolute atomic E-state index is 14.1. The number of nitrogens with one attached hydrogen (secondary N) is 1. The van der Waals surface area contributed by atoms with Gasteiger partial charge in [0.25, 0.3) is 5.91 Å². The zero-order valence-electron chi connectivity index (χ0n) is 15.5.